The molecule has 7 heteroatoms. The highest BCUT2D eigenvalue weighted by Crippen LogP contribution is 2.36. The fraction of sp³-hybridized carbons (Fsp3) is 0.800. The summed E-state index contributed by atoms with van der Waals surface area (Å²) in [5.41, 5.74) is 6.40. The van der Waals surface area contributed by atoms with Crippen LogP contribution in [0.25, 0.3) is 0 Å². The Balaban J connectivity index is 1.61. The number of rotatable bonds is 5. The molecule has 0 aromatic carbocycles. The van der Waals surface area contributed by atoms with Gasteiger partial charge in [-0.25, -0.2) is 0 Å². The van der Waals surface area contributed by atoms with Gasteiger partial charge in [-0.05, 0) is 39.2 Å². The summed E-state index contributed by atoms with van der Waals surface area (Å²) in [7, 11) is 0. The molecule has 4 unspecified atom stereocenters. The van der Waals surface area contributed by atoms with E-state index in [1.165, 1.54) is 0 Å². The Kier molecular flexibility index (Phi) is 4.44. The zero-order valence-electron chi connectivity index (χ0n) is 13.4. The third kappa shape index (κ3) is 3.15. The van der Waals surface area contributed by atoms with Crippen LogP contribution in [0, 0.1) is 11.8 Å². The van der Waals surface area contributed by atoms with Crippen molar-refractivity contribution in [2.75, 3.05) is 13.1 Å². The normalized spacial score (nSPS) is 30.7. The van der Waals surface area contributed by atoms with Gasteiger partial charge in [0.05, 0.1) is 18.2 Å². The highest BCUT2D eigenvalue weighted by atomic mass is 16.2. The molecule has 4 heterocycles. The molecule has 4 atom stereocenters. The van der Waals surface area contributed by atoms with E-state index in [9.17, 15) is 4.79 Å². The predicted molar refractivity (Wildman–Crippen MR) is 82.8 cm³/mol. The largest absolute Gasteiger partial charge is 0.354 e. The lowest BCUT2D eigenvalue weighted by Gasteiger charge is -2.49. The molecule has 1 amide bonds. The topological polar surface area (TPSA) is 89.1 Å². The number of nitrogens with zero attached hydrogens (tertiary/aromatic N) is 4. The minimum absolute atomic E-state index is 0.141. The number of amides is 1. The van der Waals surface area contributed by atoms with Crippen LogP contribution in [0.3, 0.4) is 0 Å². The van der Waals surface area contributed by atoms with E-state index in [0.29, 0.717) is 18.5 Å². The molecule has 3 fully saturated rings. The molecular weight excluding hydrogens is 280 g/mol. The van der Waals surface area contributed by atoms with Crippen molar-refractivity contribution in [1.29, 1.82) is 0 Å². The number of nitrogens with one attached hydrogen (secondary N) is 1. The molecule has 0 radical (unpaired) electrons. The van der Waals surface area contributed by atoms with Gasteiger partial charge >= 0.3 is 0 Å². The van der Waals surface area contributed by atoms with E-state index in [4.69, 9.17) is 5.73 Å². The van der Waals surface area contributed by atoms with Crippen LogP contribution in [0.4, 0.5) is 0 Å². The van der Waals surface area contributed by atoms with Crippen LogP contribution in [0.2, 0.25) is 0 Å². The monoisotopic (exact) mass is 306 g/mol. The summed E-state index contributed by atoms with van der Waals surface area (Å²) in [6, 6.07) is 0.665. The molecule has 2 bridgehead atoms. The van der Waals surface area contributed by atoms with Crippen molar-refractivity contribution >= 4 is 5.91 Å². The number of fused-ring (bicyclic) bond motifs is 3. The van der Waals surface area contributed by atoms with Gasteiger partial charge in [-0.3, -0.25) is 14.4 Å². The number of piperidine rings is 3. The summed E-state index contributed by atoms with van der Waals surface area (Å²) in [6.45, 7) is 7.24. The summed E-state index contributed by atoms with van der Waals surface area (Å²) >= 11 is 0. The fourth-order valence-electron chi connectivity index (χ4n) is 3.75. The van der Waals surface area contributed by atoms with Gasteiger partial charge in [0.2, 0.25) is 5.91 Å². The molecule has 4 rings (SSSR count). The maximum Gasteiger partial charge on any atom is 0.224 e. The van der Waals surface area contributed by atoms with Crippen LogP contribution >= 0.6 is 0 Å². The standard InChI is InChI=1S/C15H26N6O/c1-10(2)17-15(22)14-9-20-4-3-11(14)5-13(20)8-21-7-12(6-16)18-19-21/h7,10-11,13-14H,3-6,8-9,16H2,1-2H3,(H,17,22). The molecule has 0 saturated carbocycles. The third-order valence-electron chi connectivity index (χ3n) is 4.84. The van der Waals surface area contributed by atoms with Crippen molar-refractivity contribution in [1.82, 2.24) is 25.2 Å². The zero-order chi connectivity index (χ0) is 15.7. The van der Waals surface area contributed by atoms with Crippen LogP contribution in [0.1, 0.15) is 32.4 Å². The highest BCUT2D eigenvalue weighted by Gasteiger charge is 2.43. The van der Waals surface area contributed by atoms with Gasteiger partial charge in [0.15, 0.2) is 0 Å². The summed E-state index contributed by atoms with van der Waals surface area (Å²) in [4.78, 5) is 14.8. The molecule has 22 heavy (non-hydrogen) atoms. The SMILES string of the molecule is CC(C)NC(=O)C1CN2CCC1CC2Cn1cc(CN)nn1. The molecular formula is C15H26N6O. The van der Waals surface area contributed by atoms with Gasteiger partial charge < -0.3 is 11.1 Å². The lowest BCUT2D eigenvalue weighted by atomic mass is 9.75. The number of aromatic nitrogens is 3. The Hall–Kier alpha value is -1.47. The third-order valence-corrected chi connectivity index (χ3v) is 4.84. The van der Waals surface area contributed by atoms with Gasteiger partial charge in [-0.2, -0.15) is 0 Å². The van der Waals surface area contributed by atoms with E-state index in [-0.39, 0.29) is 17.9 Å². The lowest BCUT2D eigenvalue weighted by molar-refractivity contribution is -0.133. The lowest BCUT2D eigenvalue weighted by Crippen LogP contribution is -2.58. The fourth-order valence-corrected chi connectivity index (χ4v) is 3.75. The first-order chi connectivity index (χ1) is 10.6. The Labute approximate surface area is 131 Å². The summed E-state index contributed by atoms with van der Waals surface area (Å²) in [5, 5.41) is 11.2. The van der Waals surface area contributed by atoms with Crippen LogP contribution in [-0.4, -0.2) is 51.0 Å². The van der Waals surface area contributed by atoms with Gasteiger partial charge in [-0.1, -0.05) is 5.21 Å². The van der Waals surface area contributed by atoms with E-state index < -0.39 is 0 Å². The molecule has 3 aliphatic rings. The molecule has 3 saturated heterocycles. The van der Waals surface area contributed by atoms with E-state index in [0.717, 1.165) is 38.2 Å². The molecule has 0 aliphatic carbocycles. The Morgan fingerprint density at radius 3 is 2.95 bits per heavy atom. The molecule has 3 aliphatic heterocycles. The highest BCUT2D eigenvalue weighted by molar-refractivity contribution is 5.79. The summed E-state index contributed by atoms with van der Waals surface area (Å²) in [5.74, 6) is 0.850. The maximum absolute atomic E-state index is 12.3. The first-order valence-corrected chi connectivity index (χ1v) is 8.20. The molecule has 7 nitrogen and oxygen atoms in total. The zero-order valence-corrected chi connectivity index (χ0v) is 13.4. The Morgan fingerprint density at radius 1 is 1.55 bits per heavy atom. The minimum atomic E-state index is 0.141. The average Bonchev–Trinajstić information content (AvgIpc) is 2.95. The predicted octanol–water partition coefficient (Wildman–Crippen LogP) is -0.0282. The number of carbonyl (C=O) groups excluding carboxylic acids is 1. The number of carbonyl (C=O) groups is 1. The number of hydrogen-bond donors (Lipinski definition) is 2. The van der Waals surface area contributed by atoms with E-state index in [2.05, 4.69) is 20.5 Å². The minimum Gasteiger partial charge on any atom is -0.354 e. The molecule has 0 spiro atoms. The molecule has 3 N–H and O–H groups in total. The summed E-state index contributed by atoms with van der Waals surface area (Å²) < 4.78 is 1.89. The van der Waals surface area contributed by atoms with Crippen molar-refractivity contribution in [2.24, 2.45) is 17.6 Å². The van der Waals surface area contributed by atoms with Gasteiger partial charge in [-0.15, -0.1) is 5.10 Å². The average molecular weight is 306 g/mol. The van der Waals surface area contributed by atoms with Gasteiger partial charge in [0.1, 0.15) is 0 Å². The van der Waals surface area contributed by atoms with Crippen LogP contribution in [0.5, 0.6) is 0 Å². The Bertz CT molecular complexity index is 528. The van der Waals surface area contributed by atoms with E-state index in [1.54, 1.807) is 0 Å². The van der Waals surface area contributed by atoms with Crippen molar-refractivity contribution in [3.63, 3.8) is 0 Å². The first-order valence-electron chi connectivity index (χ1n) is 8.20. The van der Waals surface area contributed by atoms with Crippen molar-refractivity contribution in [3.05, 3.63) is 11.9 Å². The van der Waals surface area contributed by atoms with Gasteiger partial charge in [0, 0.05) is 31.4 Å². The smallest absolute Gasteiger partial charge is 0.224 e. The maximum atomic E-state index is 12.3. The second-order valence-electron chi connectivity index (χ2n) is 6.84. The van der Waals surface area contributed by atoms with Crippen molar-refractivity contribution in [2.45, 2.75) is 51.9 Å². The Morgan fingerprint density at radius 2 is 2.36 bits per heavy atom. The molecule has 122 valence electrons. The number of hydrogen-bond acceptors (Lipinski definition) is 5. The first kappa shape index (κ1) is 15.4. The van der Waals surface area contributed by atoms with Crippen LogP contribution in [-0.2, 0) is 17.9 Å². The quantitative estimate of drug-likeness (QED) is 0.797. The molecule has 1 aromatic rings. The summed E-state index contributed by atoms with van der Waals surface area (Å²) in [6.07, 6.45) is 4.11. The second kappa shape index (κ2) is 6.34. The number of nitrogens with two attached hydrogens (primary N) is 1. The van der Waals surface area contributed by atoms with Crippen LogP contribution < -0.4 is 11.1 Å². The molecule has 1 aromatic heterocycles. The van der Waals surface area contributed by atoms with Gasteiger partial charge in [0.25, 0.3) is 0 Å². The van der Waals surface area contributed by atoms with Crippen molar-refractivity contribution in [3.8, 4) is 0 Å². The van der Waals surface area contributed by atoms with E-state index >= 15 is 0 Å². The van der Waals surface area contributed by atoms with Crippen LogP contribution in [0.15, 0.2) is 6.20 Å². The van der Waals surface area contributed by atoms with E-state index in [1.807, 2.05) is 24.7 Å². The van der Waals surface area contributed by atoms with Crippen molar-refractivity contribution < 1.29 is 4.79 Å². The second-order valence-corrected chi connectivity index (χ2v) is 6.84.